The zero-order chi connectivity index (χ0) is 23.2. The van der Waals surface area contributed by atoms with Crippen LogP contribution in [0.3, 0.4) is 0 Å². The number of aliphatic carboxylic acids is 1. The van der Waals surface area contributed by atoms with E-state index in [9.17, 15) is 14.3 Å². The number of ether oxygens (including phenoxy) is 1. The van der Waals surface area contributed by atoms with E-state index in [1.165, 1.54) is 23.9 Å². The van der Waals surface area contributed by atoms with Crippen LogP contribution in [0.4, 0.5) is 4.39 Å². The first-order valence-electron chi connectivity index (χ1n) is 10.7. The van der Waals surface area contributed by atoms with E-state index in [4.69, 9.17) is 10.00 Å². The van der Waals surface area contributed by atoms with Crippen molar-refractivity contribution in [2.75, 3.05) is 19.7 Å². The fourth-order valence-corrected chi connectivity index (χ4v) is 4.85. The van der Waals surface area contributed by atoms with E-state index in [-0.39, 0.29) is 18.2 Å². The van der Waals surface area contributed by atoms with Crippen molar-refractivity contribution in [1.29, 1.82) is 5.26 Å². The third kappa shape index (κ3) is 6.29. The van der Waals surface area contributed by atoms with Crippen molar-refractivity contribution in [3.8, 4) is 22.9 Å². The molecular formula is C26H24ClFN2O3S. The molecule has 3 aromatic carbocycles. The van der Waals surface area contributed by atoms with Crippen LogP contribution < -0.4 is 4.74 Å². The maximum absolute atomic E-state index is 13.7. The lowest BCUT2D eigenvalue weighted by atomic mass is 10.0. The second-order valence-electron chi connectivity index (χ2n) is 7.79. The molecular weight excluding hydrogens is 475 g/mol. The Morgan fingerprint density at radius 1 is 1.15 bits per heavy atom. The van der Waals surface area contributed by atoms with Gasteiger partial charge in [-0.3, -0.25) is 9.69 Å². The molecule has 0 unspecified atom stereocenters. The number of nitrogens with zero attached hydrogens (tertiary/aromatic N) is 2. The molecule has 0 amide bonds. The fourth-order valence-electron chi connectivity index (χ4n) is 3.93. The summed E-state index contributed by atoms with van der Waals surface area (Å²) in [5.74, 6) is -0.444. The monoisotopic (exact) mass is 498 g/mol. The Kier molecular flexibility index (Phi) is 8.94. The first-order chi connectivity index (χ1) is 16.0. The first-order valence-corrected chi connectivity index (χ1v) is 11.5. The third-order valence-corrected chi connectivity index (χ3v) is 6.65. The molecule has 3 aromatic rings. The summed E-state index contributed by atoms with van der Waals surface area (Å²) < 4.78 is 19.8. The second kappa shape index (κ2) is 11.9. The van der Waals surface area contributed by atoms with Gasteiger partial charge in [0.05, 0.1) is 16.5 Å². The third-order valence-electron chi connectivity index (χ3n) is 5.60. The van der Waals surface area contributed by atoms with Gasteiger partial charge in [0.15, 0.2) is 0 Å². The van der Waals surface area contributed by atoms with Gasteiger partial charge in [0, 0.05) is 11.4 Å². The van der Waals surface area contributed by atoms with Crippen LogP contribution in [0.5, 0.6) is 5.75 Å². The topological polar surface area (TPSA) is 73.6 Å². The van der Waals surface area contributed by atoms with Crippen molar-refractivity contribution in [2.45, 2.75) is 28.7 Å². The van der Waals surface area contributed by atoms with Crippen LogP contribution in [0.1, 0.15) is 18.4 Å². The number of nitriles is 1. The maximum Gasteiger partial charge on any atom is 0.320 e. The molecule has 1 fully saturated rings. The zero-order valence-electron chi connectivity index (χ0n) is 18.3. The lowest BCUT2D eigenvalue weighted by molar-refractivity contribution is -0.142. The Hall–Kier alpha value is -3.05. The Bertz CT molecular complexity index is 1180. The Balaban J connectivity index is 0.00000324. The number of carboxylic acids is 1. The quantitative estimate of drug-likeness (QED) is 0.419. The van der Waals surface area contributed by atoms with Crippen molar-refractivity contribution in [1.82, 2.24) is 4.90 Å². The molecule has 0 radical (unpaired) electrons. The minimum absolute atomic E-state index is 0. The number of likely N-dealkylation sites (tertiary alicyclic amines) is 1. The summed E-state index contributed by atoms with van der Waals surface area (Å²) in [5, 5.41) is 18.4. The molecule has 1 aliphatic rings. The van der Waals surface area contributed by atoms with E-state index in [0.29, 0.717) is 30.9 Å². The van der Waals surface area contributed by atoms with Gasteiger partial charge in [-0.25, -0.2) is 4.39 Å². The normalized spacial score (nSPS) is 15.4. The highest BCUT2D eigenvalue weighted by atomic mass is 35.5. The average molecular weight is 499 g/mol. The molecule has 34 heavy (non-hydrogen) atoms. The molecule has 0 aliphatic carbocycles. The van der Waals surface area contributed by atoms with Gasteiger partial charge >= 0.3 is 5.97 Å². The minimum atomic E-state index is -0.794. The summed E-state index contributed by atoms with van der Waals surface area (Å²) in [6.07, 6.45) is 1.52. The number of carbonyl (C=O) groups is 1. The summed E-state index contributed by atoms with van der Waals surface area (Å²) in [7, 11) is 0. The van der Waals surface area contributed by atoms with Gasteiger partial charge in [0.1, 0.15) is 24.2 Å². The molecule has 1 N–H and O–H groups in total. The van der Waals surface area contributed by atoms with Crippen LogP contribution >= 0.6 is 24.2 Å². The highest BCUT2D eigenvalue weighted by molar-refractivity contribution is 7.99. The lowest BCUT2D eigenvalue weighted by Gasteiger charge is -2.21. The van der Waals surface area contributed by atoms with E-state index in [1.807, 2.05) is 41.3 Å². The van der Waals surface area contributed by atoms with E-state index >= 15 is 0 Å². The van der Waals surface area contributed by atoms with Crippen LogP contribution in [-0.2, 0) is 4.79 Å². The molecule has 0 bridgehead atoms. The largest absolute Gasteiger partial charge is 0.491 e. The van der Waals surface area contributed by atoms with Crippen molar-refractivity contribution in [2.24, 2.45) is 0 Å². The average Bonchev–Trinajstić information content (AvgIpc) is 3.29. The number of benzene rings is 3. The van der Waals surface area contributed by atoms with Crippen LogP contribution in [0.25, 0.3) is 11.1 Å². The van der Waals surface area contributed by atoms with Gasteiger partial charge in [0.25, 0.3) is 0 Å². The van der Waals surface area contributed by atoms with Gasteiger partial charge in [-0.15, -0.1) is 12.4 Å². The Morgan fingerprint density at radius 2 is 1.91 bits per heavy atom. The van der Waals surface area contributed by atoms with Gasteiger partial charge in [-0.2, -0.15) is 5.26 Å². The highest BCUT2D eigenvalue weighted by Gasteiger charge is 2.30. The fraction of sp³-hybridized carbons (Fsp3) is 0.231. The number of halogens is 2. The second-order valence-corrected chi connectivity index (χ2v) is 8.91. The summed E-state index contributed by atoms with van der Waals surface area (Å²) in [6.45, 7) is 1.61. The van der Waals surface area contributed by atoms with Crippen LogP contribution in [0, 0.1) is 17.1 Å². The van der Waals surface area contributed by atoms with Crippen molar-refractivity contribution in [3.63, 3.8) is 0 Å². The molecule has 0 saturated carbocycles. The molecule has 1 saturated heterocycles. The molecule has 176 valence electrons. The number of rotatable bonds is 8. The summed E-state index contributed by atoms with van der Waals surface area (Å²) >= 11 is 1.41. The number of carboxylic acid groups (broad SMARTS) is 1. The van der Waals surface area contributed by atoms with Gasteiger partial charge < -0.3 is 9.84 Å². The smallest absolute Gasteiger partial charge is 0.320 e. The lowest BCUT2D eigenvalue weighted by Crippen LogP contribution is -2.38. The van der Waals surface area contributed by atoms with E-state index in [1.54, 1.807) is 18.2 Å². The molecule has 1 heterocycles. The molecule has 0 spiro atoms. The minimum Gasteiger partial charge on any atom is -0.491 e. The van der Waals surface area contributed by atoms with Crippen LogP contribution in [0.2, 0.25) is 0 Å². The summed E-state index contributed by atoms with van der Waals surface area (Å²) in [4.78, 5) is 15.0. The number of hydrogen-bond acceptors (Lipinski definition) is 5. The van der Waals surface area contributed by atoms with Crippen molar-refractivity contribution >= 4 is 30.1 Å². The van der Waals surface area contributed by atoms with Crippen molar-refractivity contribution in [3.05, 3.63) is 78.1 Å². The first kappa shape index (κ1) is 25.6. The van der Waals surface area contributed by atoms with Gasteiger partial charge in [-0.05, 0) is 73.0 Å². The van der Waals surface area contributed by atoms with Gasteiger partial charge in [-0.1, -0.05) is 36.0 Å². The van der Waals surface area contributed by atoms with E-state index in [0.717, 1.165) is 33.9 Å². The summed E-state index contributed by atoms with van der Waals surface area (Å²) in [5.41, 5.74) is 2.47. The van der Waals surface area contributed by atoms with Crippen molar-refractivity contribution < 1.29 is 19.0 Å². The van der Waals surface area contributed by atoms with Gasteiger partial charge in [0.2, 0.25) is 0 Å². The molecule has 4 rings (SSSR count). The predicted octanol–water partition coefficient (Wildman–Crippen LogP) is 5.87. The van der Waals surface area contributed by atoms with E-state index < -0.39 is 12.0 Å². The Labute approximate surface area is 208 Å². The zero-order valence-corrected chi connectivity index (χ0v) is 19.9. The van der Waals surface area contributed by atoms with E-state index in [2.05, 4.69) is 6.07 Å². The standard InChI is InChI=1S/C26H23FN2O3S.ClH/c27-21-3-1-4-22(16-21)33-25-11-10-20(19-8-6-18(17-28)7-9-19)15-24(25)32-14-13-29-12-2-5-23(29)26(30)31;/h1,3-4,6-11,15-16,23H,2,5,12-14H2,(H,30,31);1H/t23-;/m0./s1. The predicted molar refractivity (Wildman–Crippen MR) is 132 cm³/mol. The summed E-state index contributed by atoms with van der Waals surface area (Å²) in [6, 6.07) is 21.2. The SMILES string of the molecule is Cl.N#Cc1ccc(-c2ccc(Sc3cccc(F)c3)c(OCCN3CCC[C@H]3C(=O)O)c2)cc1. The molecule has 8 heteroatoms. The maximum atomic E-state index is 13.7. The molecule has 1 aliphatic heterocycles. The highest BCUT2D eigenvalue weighted by Crippen LogP contribution is 2.38. The Morgan fingerprint density at radius 3 is 2.62 bits per heavy atom. The van der Waals surface area contributed by atoms with Crippen LogP contribution in [-0.4, -0.2) is 41.7 Å². The molecule has 0 aromatic heterocycles. The van der Waals surface area contributed by atoms with Crippen LogP contribution in [0.15, 0.2) is 76.5 Å². The molecule has 5 nitrogen and oxygen atoms in total. The molecule has 1 atom stereocenters. The number of hydrogen-bond donors (Lipinski definition) is 1.